The smallest absolute Gasteiger partial charge is 0.294 e. The van der Waals surface area contributed by atoms with Gasteiger partial charge >= 0.3 is 0 Å². The number of furan rings is 1. The van der Waals surface area contributed by atoms with E-state index in [1.165, 1.54) is 47.4 Å². The minimum atomic E-state index is -0.402. The highest BCUT2D eigenvalue weighted by molar-refractivity contribution is 6.07. The number of fused-ring (bicyclic) bond motifs is 1. The second kappa shape index (κ2) is 7.23. The van der Waals surface area contributed by atoms with Gasteiger partial charge in [0.1, 0.15) is 17.2 Å². The van der Waals surface area contributed by atoms with Crippen molar-refractivity contribution in [2.24, 2.45) is 0 Å². The lowest BCUT2D eigenvalue weighted by Crippen LogP contribution is -2.30. The van der Waals surface area contributed by atoms with Gasteiger partial charge in [-0.1, -0.05) is 6.07 Å². The fraction of sp³-hybridized carbons (Fsp3) is 0.0909. The largest absolute Gasteiger partial charge is 0.451 e. The topological polar surface area (TPSA) is 46.3 Å². The highest BCUT2D eigenvalue weighted by atomic mass is 19.1. The molecule has 4 nitrogen and oxygen atoms in total. The summed E-state index contributed by atoms with van der Waals surface area (Å²) in [6.45, 7) is 1.94. The SMILES string of the molecule is Cc1c(C(=O)N(Cc2cccnc2)c2ccc(F)cc2)oc2ccc(F)cc12. The lowest BCUT2D eigenvalue weighted by atomic mass is 10.1. The van der Waals surface area contributed by atoms with Crippen LogP contribution >= 0.6 is 0 Å². The minimum Gasteiger partial charge on any atom is -0.451 e. The second-order valence-corrected chi connectivity index (χ2v) is 6.43. The first-order valence-corrected chi connectivity index (χ1v) is 8.68. The summed E-state index contributed by atoms with van der Waals surface area (Å²) in [6.07, 6.45) is 3.30. The maximum atomic E-state index is 13.6. The third-order valence-corrected chi connectivity index (χ3v) is 4.54. The maximum Gasteiger partial charge on any atom is 0.294 e. The summed E-state index contributed by atoms with van der Waals surface area (Å²) in [5.41, 5.74) is 2.31. The molecule has 0 aliphatic heterocycles. The number of anilines is 1. The fourth-order valence-corrected chi connectivity index (χ4v) is 3.10. The van der Waals surface area contributed by atoms with Crippen molar-refractivity contribution in [1.82, 2.24) is 4.98 Å². The summed E-state index contributed by atoms with van der Waals surface area (Å²) in [7, 11) is 0. The maximum absolute atomic E-state index is 13.6. The van der Waals surface area contributed by atoms with Gasteiger partial charge < -0.3 is 9.32 Å². The van der Waals surface area contributed by atoms with E-state index in [1.807, 2.05) is 6.07 Å². The Hall–Kier alpha value is -3.54. The Bertz CT molecular complexity index is 1140. The number of rotatable bonds is 4. The molecule has 2 aromatic heterocycles. The first-order valence-electron chi connectivity index (χ1n) is 8.68. The van der Waals surface area contributed by atoms with Crippen LogP contribution in [0.5, 0.6) is 0 Å². The van der Waals surface area contributed by atoms with E-state index in [1.54, 1.807) is 25.4 Å². The number of benzene rings is 2. The van der Waals surface area contributed by atoms with Crippen LogP contribution in [0.15, 0.2) is 71.4 Å². The van der Waals surface area contributed by atoms with E-state index in [-0.39, 0.29) is 12.3 Å². The number of pyridine rings is 1. The van der Waals surface area contributed by atoms with Crippen molar-refractivity contribution in [3.63, 3.8) is 0 Å². The molecular weight excluding hydrogens is 362 g/mol. The predicted octanol–water partition coefficient (Wildman–Crippen LogP) is 5.26. The molecule has 4 aromatic rings. The van der Waals surface area contributed by atoms with Crippen LogP contribution in [0.3, 0.4) is 0 Å². The number of carbonyl (C=O) groups excluding carboxylic acids is 1. The molecule has 0 atom stereocenters. The lowest BCUT2D eigenvalue weighted by molar-refractivity contribution is 0.0959. The lowest BCUT2D eigenvalue weighted by Gasteiger charge is -2.22. The van der Waals surface area contributed by atoms with Gasteiger partial charge in [-0.05, 0) is 61.0 Å². The Morgan fingerprint density at radius 3 is 2.54 bits per heavy atom. The molecule has 0 N–H and O–H groups in total. The number of carbonyl (C=O) groups is 1. The van der Waals surface area contributed by atoms with Crippen LogP contribution in [0.25, 0.3) is 11.0 Å². The van der Waals surface area contributed by atoms with Crippen molar-refractivity contribution in [2.45, 2.75) is 13.5 Å². The Morgan fingerprint density at radius 2 is 1.82 bits per heavy atom. The van der Waals surface area contributed by atoms with Crippen LogP contribution < -0.4 is 4.90 Å². The third kappa shape index (κ3) is 3.36. The van der Waals surface area contributed by atoms with Crippen molar-refractivity contribution < 1.29 is 18.0 Å². The van der Waals surface area contributed by atoms with Crippen LogP contribution in [0.2, 0.25) is 0 Å². The molecule has 2 aromatic carbocycles. The molecule has 0 fully saturated rings. The van der Waals surface area contributed by atoms with E-state index in [2.05, 4.69) is 4.98 Å². The Kier molecular flexibility index (Phi) is 4.61. The Labute approximate surface area is 160 Å². The first kappa shape index (κ1) is 17.9. The van der Waals surface area contributed by atoms with Crippen molar-refractivity contribution in [3.05, 3.63) is 95.5 Å². The molecule has 0 aliphatic rings. The van der Waals surface area contributed by atoms with Crippen LogP contribution in [-0.2, 0) is 6.54 Å². The average Bonchev–Trinajstić information content (AvgIpc) is 3.03. The van der Waals surface area contributed by atoms with E-state index >= 15 is 0 Å². The van der Waals surface area contributed by atoms with Gasteiger partial charge in [0.05, 0.1) is 6.54 Å². The van der Waals surface area contributed by atoms with Crippen molar-refractivity contribution in [3.8, 4) is 0 Å². The fourth-order valence-electron chi connectivity index (χ4n) is 3.10. The molecule has 0 unspecified atom stereocenters. The van der Waals surface area contributed by atoms with Crippen molar-refractivity contribution in [2.75, 3.05) is 4.90 Å². The van der Waals surface area contributed by atoms with Crippen LogP contribution in [0.1, 0.15) is 21.7 Å². The summed E-state index contributed by atoms with van der Waals surface area (Å²) < 4.78 is 32.7. The molecule has 0 spiro atoms. The first-order chi connectivity index (χ1) is 13.5. The molecule has 0 saturated heterocycles. The molecule has 28 heavy (non-hydrogen) atoms. The van der Waals surface area contributed by atoms with Crippen LogP contribution in [-0.4, -0.2) is 10.9 Å². The zero-order chi connectivity index (χ0) is 19.7. The summed E-state index contributed by atoms with van der Waals surface area (Å²) >= 11 is 0. The second-order valence-electron chi connectivity index (χ2n) is 6.43. The van der Waals surface area contributed by atoms with Gasteiger partial charge in [0.2, 0.25) is 0 Å². The van der Waals surface area contributed by atoms with Crippen molar-refractivity contribution >= 4 is 22.6 Å². The zero-order valence-corrected chi connectivity index (χ0v) is 15.0. The standard InChI is InChI=1S/C22H16F2N2O2/c1-14-19-11-17(24)6-9-20(19)28-21(14)22(27)26(13-15-3-2-10-25-12-15)18-7-4-16(23)5-8-18/h2-12H,13H2,1H3. The van der Waals surface area contributed by atoms with Gasteiger partial charge in [-0.15, -0.1) is 0 Å². The summed E-state index contributed by atoms with van der Waals surface area (Å²) in [4.78, 5) is 18.9. The molecule has 1 amide bonds. The number of aromatic nitrogens is 1. The number of amides is 1. The zero-order valence-electron chi connectivity index (χ0n) is 15.0. The number of aryl methyl sites for hydroxylation is 1. The highest BCUT2D eigenvalue weighted by Crippen LogP contribution is 2.29. The van der Waals surface area contributed by atoms with Gasteiger partial charge in [-0.2, -0.15) is 0 Å². The summed E-state index contributed by atoms with van der Waals surface area (Å²) in [6, 6.07) is 13.4. The molecule has 6 heteroatoms. The Balaban J connectivity index is 1.78. The third-order valence-electron chi connectivity index (χ3n) is 4.54. The summed E-state index contributed by atoms with van der Waals surface area (Å²) in [5.74, 6) is -1.08. The molecular formula is C22H16F2N2O2. The van der Waals surface area contributed by atoms with E-state index in [9.17, 15) is 13.6 Å². The molecule has 0 aliphatic carbocycles. The minimum absolute atomic E-state index is 0.119. The Morgan fingerprint density at radius 1 is 1.07 bits per heavy atom. The van der Waals surface area contributed by atoms with Crippen LogP contribution in [0.4, 0.5) is 14.5 Å². The van der Waals surface area contributed by atoms with Crippen molar-refractivity contribution in [1.29, 1.82) is 0 Å². The molecule has 0 radical (unpaired) electrons. The number of hydrogen-bond acceptors (Lipinski definition) is 3. The molecule has 140 valence electrons. The quantitative estimate of drug-likeness (QED) is 0.487. The number of halogens is 2. The highest BCUT2D eigenvalue weighted by Gasteiger charge is 2.25. The molecule has 0 saturated carbocycles. The summed E-state index contributed by atoms with van der Waals surface area (Å²) in [5, 5.41) is 0.545. The normalized spacial score (nSPS) is 11.0. The van der Waals surface area contributed by atoms with Crippen LogP contribution in [0, 0.1) is 18.6 Å². The van der Waals surface area contributed by atoms with E-state index < -0.39 is 17.5 Å². The van der Waals surface area contributed by atoms with E-state index in [0.717, 1.165) is 5.56 Å². The van der Waals surface area contributed by atoms with Gasteiger partial charge in [-0.3, -0.25) is 9.78 Å². The van der Waals surface area contributed by atoms with Gasteiger partial charge in [-0.25, -0.2) is 8.78 Å². The molecule has 2 heterocycles. The van der Waals surface area contributed by atoms with Gasteiger partial charge in [0.25, 0.3) is 5.91 Å². The number of nitrogens with zero attached hydrogens (tertiary/aromatic N) is 2. The van der Waals surface area contributed by atoms with Gasteiger partial charge in [0, 0.05) is 29.0 Å². The van der Waals surface area contributed by atoms with Gasteiger partial charge in [0.15, 0.2) is 5.76 Å². The predicted molar refractivity (Wildman–Crippen MR) is 102 cm³/mol. The molecule has 4 rings (SSSR count). The monoisotopic (exact) mass is 378 g/mol. The average molecular weight is 378 g/mol. The van der Waals surface area contributed by atoms with E-state index in [0.29, 0.717) is 22.2 Å². The molecule has 0 bridgehead atoms. The van der Waals surface area contributed by atoms with E-state index in [4.69, 9.17) is 4.42 Å². The number of hydrogen-bond donors (Lipinski definition) is 0.